The van der Waals surface area contributed by atoms with Gasteiger partial charge in [0, 0.05) is 6.20 Å². The van der Waals surface area contributed by atoms with Crippen molar-refractivity contribution < 1.29 is 4.68 Å². The zero-order chi connectivity index (χ0) is 12.3. The Morgan fingerprint density at radius 2 is 1.88 bits per heavy atom. The summed E-state index contributed by atoms with van der Waals surface area (Å²) in [6, 6.07) is 9.91. The molecule has 0 aromatic heterocycles. The molecule has 6 heteroatoms. The summed E-state index contributed by atoms with van der Waals surface area (Å²) in [5, 5.41) is 0. The molecule has 1 atom stereocenters. The number of rotatable bonds is 1. The molecule has 0 spiro atoms. The molecule has 0 fully saturated rings. The third-order valence-corrected chi connectivity index (χ3v) is 2.40. The van der Waals surface area contributed by atoms with Gasteiger partial charge in [-0.1, -0.05) is 30.3 Å². The Hall–Kier alpha value is -2.50. The lowest BCUT2D eigenvalue weighted by molar-refractivity contribution is -0.600. The van der Waals surface area contributed by atoms with Crippen molar-refractivity contribution in [3.05, 3.63) is 48.2 Å². The van der Waals surface area contributed by atoms with Crippen LogP contribution >= 0.6 is 0 Å². The first kappa shape index (κ1) is 11.0. The van der Waals surface area contributed by atoms with E-state index in [4.69, 9.17) is 17.2 Å². The SMILES string of the molecule is NC(N)=NC(N)=[N+]1NC=CC1c1ccccc1. The first-order valence-corrected chi connectivity index (χ1v) is 5.17. The molecule has 0 aliphatic carbocycles. The zero-order valence-electron chi connectivity index (χ0n) is 9.25. The van der Waals surface area contributed by atoms with Crippen LogP contribution in [0.4, 0.5) is 0 Å². The molecule has 1 aliphatic heterocycles. The van der Waals surface area contributed by atoms with Gasteiger partial charge in [-0.3, -0.25) is 11.2 Å². The highest BCUT2D eigenvalue weighted by Crippen LogP contribution is 2.20. The van der Waals surface area contributed by atoms with Crippen molar-refractivity contribution in [3.8, 4) is 0 Å². The second-order valence-electron chi connectivity index (χ2n) is 3.61. The van der Waals surface area contributed by atoms with E-state index in [0.29, 0.717) is 0 Å². The topological polar surface area (TPSA) is 105 Å². The number of hydrazone groups is 1. The third kappa shape index (κ3) is 2.36. The lowest BCUT2D eigenvalue weighted by Crippen LogP contribution is -2.36. The molecule has 1 aromatic rings. The van der Waals surface area contributed by atoms with Gasteiger partial charge in [0.15, 0.2) is 0 Å². The third-order valence-electron chi connectivity index (χ3n) is 2.40. The summed E-state index contributed by atoms with van der Waals surface area (Å²) in [6.07, 6.45) is 3.77. The van der Waals surface area contributed by atoms with Crippen molar-refractivity contribution in [1.29, 1.82) is 0 Å². The van der Waals surface area contributed by atoms with Crippen LogP contribution in [0, 0.1) is 0 Å². The average Bonchev–Trinajstić information content (AvgIpc) is 2.78. The standard InChI is InChI=1S/C11H14N6/c12-10(13)16-11(14)17-9(6-7-15-17)8-4-2-1-3-5-8/h1-7,9,15H,(H5,12,13,14,16)/p+1. The predicted molar refractivity (Wildman–Crippen MR) is 66.7 cm³/mol. The Kier molecular flexibility index (Phi) is 2.95. The van der Waals surface area contributed by atoms with Crippen LogP contribution in [0.25, 0.3) is 0 Å². The summed E-state index contributed by atoms with van der Waals surface area (Å²) in [4.78, 5) is 3.83. The molecule has 1 heterocycles. The predicted octanol–water partition coefficient (Wildman–Crippen LogP) is -0.640. The molecular weight excluding hydrogens is 216 g/mol. The van der Waals surface area contributed by atoms with Crippen molar-refractivity contribution >= 4 is 11.9 Å². The van der Waals surface area contributed by atoms with Gasteiger partial charge in [-0.15, -0.1) is 0 Å². The molecule has 1 aliphatic rings. The summed E-state index contributed by atoms with van der Waals surface area (Å²) in [5.74, 6) is 0.159. The van der Waals surface area contributed by atoms with E-state index in [0.717, 1.165) is 5.56 Å². The molecule has 0 radical (unpaired) electrons. The van der Waals surface area contributed by atoms with Gasteiger partial charge < -0.3 is 11.5 Å². The van der Waals surface area contributed by atoms with Crippen molar-refractivity contribution in [2.24, 2.45) is 22.2 Å². The summed E-state index contributed by atoms with van der Waals surface area (Å²) < 4.78 is 1.69. The highest BCUT2D eigenvalue weighted by molar-refractivity contribution is 5.90. The Bertz CT molecular complexity index is 484. The molecule has 1 unspecified atom stereocenters. The van der Waals surface area contributed by atoms with Crippen LogP contribution in [0.15, 0.2) is 47.6 Å². The number of nitrogens with one attached hydrogen (secondary N) is 1. The number of hydrogen-bond donors (Lipinski definition) is 4. The largest absolute Gasteiger partial charge is 0.411 e. The number of nitrogens with zero attached hydrogens (tertiary/aromatic N) is 2. The minimum absolute atomic E-state index is 0.0145. The Morgan fingerprint density at radius 1 is 1.18 bits per heavy atom. The van der Waals surface area contributed by atoms with Gasteiger partial charge in [0.2, 0.25) is 0 Å². The second-order valence-corrected chi connectivity index (χ2v) is 3.61. The van der Waals surface area contributed by atoms with E-state index in [-0.39, 0.29) is 18.0 Å². The van der Waals surface area contributed by atoms with Crippen LogP contribution in [-0.2, 0) is 0 Å². The van der Waals surface area contributed by atoms with Crippen molar-refractivity contribution in [1.82, 2.24) is 5.43 Å². The van der Waals surface area contributed by atoms with Gasteiger partial charge in [-0.25, -0.2) is 0 Å². The molecule has 0 saturated heterocycles. The lowest BCUT2D eigenvalue weighted by atomic mass is 10.1. The summed E-state index contributed by atoms with van der Waals surface area (Å²) >= 11 is 0. The fourth-order valence-electron chi connectivity index (χ4n) is 1.69. The first-order chi connectivity index (χ1) is 8.18. The van der Waals surface area contributed by atoms with Crippen molar-refractivity contribution in [2.45, 2.75) is 6.04 Å². The molecule has 88 valence electrons. The fraction of sp³-hybridized carbons (Fsp3) is 0.0909. The zero-order valence-corrected chi connectivity index (χ0v) is 9.25. The number of benzene rings is 1. The maximum absolute atomic E-state index is 5.80. The average molecular weight is 231 g/mol. The van der Waals surface area contributed by atoms with Crippen LogP contribution in [0.2, 0.25) is 0 Å². The molecule has 0 saturated carbocycles. The van der Waals surface area contributed by atoms with Crippen LogP contribution in [0.5, 0.6) is 0 Å². The fourth-order valence-corrected chi connectivity index (χ4v) is 1.69. The number of nitrogens with two attached hydrogens (primary N) is 3. The van der Waals surface area contributed by atoms with E-state index in [1.165, 1.54) is 0 Å². The summed E-state index contributed by atoms with van der Waals surface area (Å²) in [5.41, 5.74) is 20.5. The highest BCUT2D eigenvalue weighted by atomic mass is 15.5. The van der Waals surface area contributed by atoms with Gasteiger partial charge in [0.05, 0.1) is 0 Å². The van der Waals surface area contributed by atoms with E-state index in [2.05, 4.69) is 10.4 Å². The number of hydrogen-bond acceptors (Lipinski definition) is 1. The van der Waals surface area contributed by atoms with E-state index >= 15 is 0 Å². The second kappa shape index (κ2) is 4.56. The molecule has 2 rings (SSSR count). The van der Waals surface area contributed by atoms with Crippen molar-refractivity contribution in [3.63, 3.8) is 0 Å². The monoisotopic (exact) mass is 231 g/mol. The maximum atomic E-state index is 5.80. The molecule has 0 amide bonds. The quantitative estimate of drug-likeness (QED) is 0.293. The van der Waals surface area contributed by atoms with E-state index in [1.54, 1.807) is 10.9 Å². The van der Waals surface area contributed by atoms with E-state index in [9.17, 15) is 0 Å². The Balaban J connectivity index is 2.35. The van der Waals surface area contributed by atoms with Gasteiger partial charge in [0.1, 0.15) is 6.04 Å². The molecule has 0 bridgehead atoms. The minimum Gasteiger partial charge on any atom is -0.356 e. The van der Waals surface area contributed by atoms with Gasteiger partial charge in [0.25, 0.3) is 5.96 Å². The minimum atomic E-state index is -0.0667. The molecular formula is C11H15N6+. The van der Waals surface area contributed by atoms with Crippen LogP contribution in [0.3, 0.4) is 0 Å². The molecule has 1 aromatic carbocycles. The Labute approximate surface area is 99.1 Å². The van der Waals surface area contributed by atoms with Crippen LogP contribution in [-0.4, -0.2) is 16.6 Å². The molecule has 17 heavy (non-hydrogen) atoms. The smallest absolute Gasteiger partial charge is 0.356 e. The normalized spacial score (nSPS) is 20.8. The van der Waals surface area contributed by atoms with Crippen LogP contribution < -0.4 is 22.6 Å². The number of aliphatic imine (C=N–C) groups is 1. The highest BCUT2D eigenvalue weighted by Gasteiger charge is 2.23. The van der Waals surface area contributed by atoms with Crippen molar-refractivity contribution in [2.75, 3.05) is 0 Å². The maximum Gasteiger partial charge on any atom is 0.411 e. The Morgan fingerprint density at radius 3 is 2.53 bits per heavy atom. The molecule has 7 N–H and O–H groups in total. The van der Waals surface area contributed by atoms with Gasteiger partial charge >= 0.3 is 5.96 Å². The van der Waals surface area contributed by atoms with Gasteiger partial charge in [-0.05, 0) is 16.6 Å². The van der Waals surface area contributed by atoms with E-state index < -0.39 is 0 Å². The lowest BCUT2D eigenvalue weighted by Gasteiger charge is -2.11. The summed E-state index contributed by atoms with van der Waals surface area (Å²) in [7, 11) is 0. The van der Waals surface area contributed by atoms with Crippen LogP contribution in [0.1, 0.15) is 11.6 Å². The number of guanidine groups is 2. The number of hydrazine groups is 1. The molecule has 6 nitrogen and oxygen atoms in total. The summed E-state index contributed by atoms with van der Waals surface area (Å²) in [6.45, 7) is 0. The van der Waals surface area contributed by atoms with E-state index in [1.807, 2.05) is 36.4 Å². The van der Waals surface area contributed by atoms with Gasteiger partial charge in [-0.2, -0.15) is 4.68 Å². The first-order valence-electron chi connectivity index (χ1n) is 5.17.